The van der Waals surface area contributed by atoms with Crippen molar-refractivity contribution < 1.29 is 27.5 Å². The number of ether oxygens (including phenoxy) is 1. The van der Waals surface area contributed by atoms with Crippen LogP contribution in [0.4, 0.5) is 29.5 Å². The van der Waals surface area contributed by atoms with Crippen molar-refractivity contribution in [1.29, 1.82) is 0 Å². The molecule has 2 atom stereocenters. The van der Waals surface area contributed by atoms with Crippen LogP contribution < -0.4 is 25.6 Å². The summed E-state index contributed by atoms with van der Waals surface area (Å²) in [5, 5.41) is 8.01. The predicted octanol–water partition coefficient (Wildman–Crippen LogP) is 5.55. The normalized spacial score (nSPS) is 21.1. The number of urea groups is 1. The molecule has 3 N–H and O–H groups in total. The van der Waals surface area contributed by atoms with Crippen molar-refractivity contribution in [3.8, 4) is 5.75 Å². The number of hydrogen-bond acceptors (Lipinski definition) is 5. The highest BCUT2D eigenvalue weighted by Gasteiger charge is 2.43. The SMILES string of the molecule is CC(C)(Oc1ccc(Cl)cc1Cl)C(=O)NC1CC2CCC(C1)N2c1ccc(NC(=O)NCC(F)(F)F)cn1. The molecule has 0 radical (unpaired) electrons. The van der Waals surface area contributed by atoms with E-state index < -0.39 is 24.4 Å². The summed E-state index contributed by atoms with van der Waals surface area (Å²) in [6.07, 6.45) is 0.260. The van der Waals surface area contributed by atoms with Crippen LogP contribution in [0.25, 0.3) is 0 Å². The van der Waals surface area contributed by atoms with Crippen molar-refractivity contribution in [2.75, 3.05) is 16.8 Å². The molecular formula is C25H28Cl2F3N5O3. The van der Waals surface area contributed by atoms with Gasteiger partial charge in [0.05, 0.1) is 16.9 Å². The van der Waals surface area contributed by atoms with Gasteiger partial charge in [-0.25, -0.2) is 9.78 Å². The van der Waals surface area contributed by atoms with Gasteiger partial charge in [0.1, 0.15) is 18.1 Å². The standard InChI is InChI=1S/C25H28Cl2F3N5O3/c1-24(2,38-20-7-3-14(26)9-19(20)27)22(36)33-16-10-17-5-6-18(11-16)35(17)21-8-4-15(12-31-21)34-23(37)32-13-25(28,29)30/h3-4,7-9,12,16-18H,5-6,10-11,13H2,1-2H3,(H,33,36)(H2,32,34,37). The molecule has 4 rings (SSSR count). The molecule has 0 aliphatic carbocycles. The summed E-state index contributed by atoms with van der Waals surface area (Å²) in [4.78, 5) is 31.4. The number of aromatic nitrogens is 1. The van der Waals surface area contributed by atoms with Gasteiger partial charge < -0.3 is 25.6 Å². The van der Waals surface area contributed by atoms with E-state index in [1.807, 2.05) is 0 Å². The Kier molecular flexibility index (Phi) is 8.17. The lowest BCUT2D eigenvalue weighted by atomic mass is 9.96. The highest BCUT2D eigenvalue weighted by atomic mass is 35.5. The van der Waals surface area contributed by atoms with Crippen LogP contribution in [0.15, 0.2) is 36.5 Å². The Morgan fingerprint density at radius 3 is 2.37 bits per heavy atom. The third kappa shape index (κ3) is 6.93. The molecule has 3 heterocycles. The van der Waals surface area contributed by atoms with E-state index in [-0.39, 0.29) is 29.7 Å². The lowest BCUT2D eigenvalue weighted by molar-refractivity contribution is -0.135. The maximum atomic E-state index is 13.1. The molecule has 206 valence electrons. The Bertz CT molecular complexity index is 1170. The summed E-state index contributed by atoms with van der Waals surface area (Å²) in [5.74, 6) is 0.830. The van der Waals surface area contributed by atoms with E-state index in [0.29, 0.717) is 21.6 Å². The van der Waals surface area contributed by atoms with E-state index in [4.69, 9.17) is 27.9 Å². The lowest BCUT2D eigenvalue weighted by Gasteiger charge is -2.40. The van der Waals surface area contributed by atoms with E-state index >= 15 is 0 Å². The van der Waals surface area contributed by atoms with Crippen LogP contribution in [-0.2, 0) is 4.79 Å². The van der Waals surface area contributed by atoms with Gasteiger partial charge >= 0.3 is 12.2 Å². The Morgan fingerprint density at radius 2 is 1.79 bits per heavy atom. The number of amides is 3. The Morgan fingerprint density at radius 1 is 1.11 bits per heavy atom. The van der Waals surface area contributed by atoms with Crippen molar-refractivity contribution in [2.24, 2.45) is 0 Å². The Labute approximate surface area is 228 Å². The minimum Gasteiger partial charge on any atom is -0.476 e. The number of rotatable bonds is 7. The highest BCUT2D eigenvalue weighted by molar-refractivity contribution is 6.35. The lowest BCUT2D eigenvalue weighted by Crippen LogP contribution is -2.55. The molecule has 2 fully saturated rings. The molecule has 8 nitrogen and oxygen atoms in total. The molecule has 2 aromatic rings. The van der Waals surface area contributed by atoms with Gasteiger partial charge in [-0.15, -0.1) is 0 Å². The van der Waals surface area contributed by atoms with Crippen LogP contribution in [0.2, 0.25) is 10.0 Å². The largest absolute Gasteiger partial charge is 0.476 e. The van der Waals surface area contributed by atoms with Crippen LogP contribution >= 0.6 is 23.2 Å². The van der Waals surface area contributed by atoms with E-state index in [9.17, 15) is 22.8 Å². The van der Waals surface area contributed by atoms with Crippen molar-refractivity contribution in [3.63, 3.8) is 0 Å². The van der Waals surface area contributed by atoms with Crippen molar-refractivity contribution in [3.05, 3.63) is 46.6 Å². The third-order valence-corrected chi connectivity index (χ3v) is 7.12. The maximum Gasteiger partial charge on any atom is 0.405 e. The number of halogens is 5. The molecule has 3 amide bonds. The number of hydrogen-bond donors (Lipinski definition) is 3. The van der Waals surface area contributed by atoms with Crippen LogP contribution in [0.3, 0.4) is 0 Å². The second-order valence-corrected chi connectivity index (χ2v) is 10.8. The molecular weight excluding hydrogens is 546 g/mol. The average molecular weight is 574 g/mol. The first-order valence-electron chi connectivity index (χ1n) is 12.1. The number of carbonyl (C=O) groups is 2. The summed E-state index contributed by atoms with van der Waals surface area (Å²) in [6, 6.07) is 7.48. The summed E-state index contributed by atoms with van der Waals surface area (Å²) >= 11 is 12.1. The number of anilines is 2. The molecule has 1 aromatic carbocycles. The molecule has 0 saturated carbocycles. The highest BCUT2D eigenvalue weighted by Crippen LogP contribution is 2.39. The molecule has 13 heteroatoms. The Balaban J connectivity index is 1.33. The van der Waals surface area contributed by atoms with E-state index in [2.05, 4.69) is 20.5 Å². The third-order valence-electron chi connectivity index (χ3n) is 6.59. The van der Waals surface area contributed by atoms with Crippen LogP contribution in [-0.4, -0.2) is 53.4 Å². The number of alkyl halides is 3. The molecule has 2 unspecified atom stereocenters. The second kappa shape index (κ2) is 11.1. The van der Waals surface area contributed by atoms with Gasteiger partial charge in [-0.05, 0) is 69.9 Å². The predicted molar refractivity (Wildman–Crippen MR) is 139 cm³/mol. The molecule has 38 heavy (non-hydrogen) atoms. The van der Waals surface area contributed by atoms with Crippen LogP contribution in [0, 0.1) is 0 Å². The van der Waals surface area contributed by atoms with Crippen molar-refractivity contribution in [2.45, 2.75) is 69.4 Å². The number of nitrogens with zero attached hydrogens (tertiary/aromatic N) is 2. The van der Waals surface area contributed by atoms with Crippen LogP contribution in [0.5, 0.6) is 5.75 Å². The number of nitrogens with one attached hydrogen (secondary N) is 3. The minimum absolute atomic E-state index is 0.0434. The number of piperidine rings is 1. The number of pyridine rings is 1. The van der Waals surface area contributed by atoms with Crippen LogP contribution in [0.1, 0.15) is 39.5 Å². The Hall–Kier alpha value is -2.92. The van der Waals surface area contributed by atoms with Crippen molar-refractivity contribution in [1.82, 2.24) is 15.6 Å². The smallest absolute Gasteiger partial charge is 0.405 e. The molecule has 2 aliphatic rings. The fourth-order valence-corrected chi connectivity index (χ4v) is 5.32. The number of benzene rings is 1. The van der Waals surface area contributed by atoms with E-state index in [1.165, 1.54) is 6.20 Å². The molecule has 2 saturated heterocycles. The van der Waals surface area contributed by atoms with E-state index in [1.54, 1.807) is 49.5 Å². The molecule has 2 aliphatic heterocycles. The number of carbonyl (C=O) groups excluding carboxylic acids is 2. The van der Waals surface area contributed by atoms with Gasteiger partial charge in [-0.2, -0.15) is 13.2 Å². The van der Waals surface area contributed by atoms with Crippen molar-refractivity contribution >= 4 is 46.6 Å². The molecule has 1 aromatic heterocycles. The monoisotopic (exact) mass is 573 g/mol. The zero-order valence-electron chi connectivity index (χ0n) is 20.7. The second-order valence-electron chi connectivity index (χ2n) is 9.95. The first-order chi connectivity index (χ1) is 17.8. The number of fused-ring (bicyclic) bond motifs is 2. The summed E-state index contributed by atoms with van der Waals surface area (Å²) in [7, 11) is 0. The van der Waals surface area contributed by atoms with Gasteiger partial charge in [0.25, 0.3) is 5.91 Å². The molecule has 0 spiro atoms. The maximum absolute atomic E-state index is 13.1. The van der Waals surface area contributed by atoms with Gasteiger partial charge in [-0.1, -0.05) is 23.2 Å². The first kappa shape index (κ1) is 28.1. The quantitative estimate of drug-likeness (QED) is 0.404. The van der Waals surface area contributed by atoms with E-state index in [0.717, 1.165) is 25.7 Å². The summed E-state index contributed by atoms with van der Waals surface area (Å²) in [6.45, 7) is 1.94. The first-order valence-corrected chi connectivity index (χ1v) is 12.9. The average Bonchev–Trinajstić information content (AvgIpc) is 3.09. The zero-order valence-corrected chi connectivity index (χ0v) is 22.3. The molecule has 2 bridgehead atoms. The zero-order chi connectivity index (χ0) is 27.7. The summed E-state index contributed by atoms with van der Waals surface area (Å²) in [5.41, 5.74) is -0.879. The topological polar surface area (TPSA) is 95.6 Å². The minimum atomic E-state index is -4.49. The fourth-order valence-electron chi connectivity index (χ4n) is 4.88. The van der Waals surface area contributed by atoms with Gasteiger partial charge in [-0.3, -0.25) is 4.79 Å². The van der Waals surface area contributed by atoms with Gasteiger partial charge in [0.15, 0.2) is 5.60 Å². The van der Waals surface area contributed by atoms with Gasteiger partial charge in [0.2, 0.25) is 0 Å². The summed E-state index contributed by atoms with van der Waals surface area (Å²) < 4.78 is 42.7. The van der Waals surface area contributed by atoms with Gasteiger partial charge in [0, 0.05) is 23.1 Å². The fraction of sp³-hybridized carbons (Fsp3) is 0.480.